The molecule has 0 bridgehead atoms. The van der Waals surface area contributed by atoms with Crippen LogP contribution in [0, 0.1) is 0 Å². The van der Waals surface area contributed by atoms with E-state index in [-0.39, 0.29) is 5.91 Å². The lowest BCUT2D eigenvalue weighted by Gasteiger charge is -2.25. The highest BCUT2D eigenvalue weighted by molar-refractivity contribution is 5.87. The molecule has 3 rings (SSSR count). The zero-order chi connectivity index (χ0) is 17.6. The van der Waals surface area contributed by atoms with Gasteiger partial charge < -0.3 is 16.4 Å². The maximum Gasteiger partial charge on any atom is 0.316 e. The third-order valence-electron chi connectivity index (χ3n) is 4.61. The molecule has 0 heterocycles. The monoisotopic (exact) mass is 337 g/mol. The number of anilines is 1. The highest BCUT2D eigenvalue weighted by Crippen LogP contribution is 2.33. The number of benzene rings is 2. The number of aryl methyl sites for hydroxylation is 1. The van der Waals surface area contributed by atoms with Crippen LogP contribution in [-0.2, 0) is 17.8 Å². The van der Waals surface area contributed by atoms with E-state index >= 15 is 0 Å². The molecule has 130 valence electrons. The van der Waals surface area contributed by atoms with Gasteiger partial charge in [-0.05, 0) is 54.0 Å². The van der Waals surface area contributed by atoms with Crippen LogP contribution in [0.2, 0.25) is 0 Å². The molecule has 2 aromatic rings. The molecule has 0 saturated carbocycles. The molecule has 4 N–H and O–H groups in total. The lowest BCUT2D eigenvalue weighted by molar-refractivity contribution is -0.121. The van der Waals surface area contributed by atoms with Gasteiger partial charge in [-0.25, -0.2) is 4.79 Å². The van der Waals surface area contributed by atoms with Crippen molar-refractivity contribution in [2.45, 2.75) is 38.1 Å². The number of primary amides is 1. The third kappa shape index (κ3) is 4.59. The number of carbonyl (C=O) groups is 2. The second-order valence-corrected chi connectivity index (χ2v) is 6.46. The van der Waals surface area contributed by atoms with Crippen molar-refractivity contribution in [1.82, 2.24) is 5.32 Å². The van der Waals surface area contributed by atoms with Gasteiger partial charge in [0.2, 0.25) is 5.91 Å². The van der Waals surface area contributed by atoms with Crippen LogP contribution < -0.4 is 16.4 Å². The fourth-order valence-corrected chi connectivity index (χ4v) is 3.46. The van der Waals surface area contributed by atoms with Crippen molar-refractivity contribution in [3.63, 3.8) is 0 Å². The third-order valence-corrected chi connectivity index (χ3v) is 4.61. The average molecular weight is 337 g/mol. The van der Waals surface area contributed by atoms with E-state index in [0.717, 1.165) is 24.8 Å². The predicted octanol–water partition coefficient (Wildman–Crippen LogP) is 3.30. The van der Waals surface area contributed by atoms with Crippen molar-refractivity contribution in [2.75, 3.05) is 5.32 Å². The van der Waals surface area contributed by atoms with Crippen molar-refractivity contribution in [2.24, 2.45) is 5.73 Å². The molecule has 1 aliphatic carbocycles. The van der Waals surface area contributed by atoms with Crippen molar-refractivity contribution in [1.29, 1.82) is 0 Å². The Morgan fingerprint density at radius 2 is 1.96 bits per heavy atom. The van der Waals surface area contributed by atoms with Gasteiger partial charge in [0, 0.05) is 18.7 Å². The number of hydrogen-bond acceptors (Lipinski definition) is 2. The van der Waals surface area contributed by atoms with E-state index in [4.69, 9.17) is 5.73 Å². The molecule has 1 atom stereocenters. The summed E-state index contributed by atoms with van der Waals surface area (Å²) in [5, 5.41) is 5.51. The number of hydrogen-bond donors (Lipinski definition) is 3. The van der Waals surface area contributed by atoms with Crippen LogP contribution >= 0.6 is 0 Å². The number of fused-ring (bicyclic) bond motifs is 1. The number of urea groups is 1. The fraction of sp³-hybridized carbons (Fsp3) is 0.300. The van der Waals surface area contributed by atoms with Crippen molar-refractivity contribution >= 4 is 17.6 Å². The summed E-state index contributed by atoms with van der Waals surface area (Å²) in [6.45, 7) is 0.432. The summed E-state index contributed by atoms with van der Waals surface area (Å²) in [6, 6.07) is 15.1. The van der Waals surface area contributed by atoms with Gasteiger partial charge in [0.25, 0.3) is 0 Å². The Bertz CT molecular complexity index is 773. The largest absolute Gasteiger partial charge is 0.352 e. The molecule has 2 aromatic carbocycles. The predicted molar refractivity (Wildman–Crippen MR) is 98.2 cm³/mol. The van der Waals surface area contributed by atoms with Gasteiger partial charge >= 0.3 is 6.03 Å². The second-order valence-electron chi connectivity index (χ2n) is 6.46. The quantitative estimate of drug-likeness (QED) is 0.782. The molecule has 0 saturated heterocycles. The number of amides is 3. The maximum absolute atomic E-state index is 12.4. The van der Waals surface area contributed by atoms with Gasteiger partial charge in [-0.2, -0.15) is 0 Å². The van der Waals surface area contributed by atoms with E-state index in [1.807, 2.05) is 18.2 Å². The van der Waals surface area contributed by atoms with Gasteiger partial charge in [0.15, 0.2) is 0 Å². The van der Waals surface area contributed by atoms with E-state index in [0.29, 0.717) is 24.6 Å². The molecule has 0 spiro atoms. The van der Waals surface area contributed by atoms with Crippen molar-refractivity contribution in [3.8, 4) is 0 Å². The first-order valence-electron chi connectivity index (χ1n) is 8.62. The molecule has 1 aliphatic rings. The summed E-state index contributed by atoms with van der Waals surface area (Å²) in [4.78, 5) is 23.3. The van der Waals surface area contributed by atoms with Crippen LogP contribution in [-0.4, -0.2) is 11.9 Å². The summed E-state index contributed by atoms with van der Waals surface area (Å²) in [5.74, 6) is 0.350. The summed E-state index contributed by atoms with van der Waals surface area (Å²) in [5.41, 5.74) is 9.35. The van der Waals surface area contributed by atoms with E-state index in [1.54, 1.807) is 12.1 Å². The normalized spacial score (nSPS) is 15.9. The van der Waals surface area contributed by atoms with Crippen LogP contribution in [0.25, 0.3) is 0 Å². The van der Waals surface area contributed by atoms with Gasteiger partial charge in [0.1, 0.15) is 0 Å². The topological polar surface area (TPSA) is 84.2 Å². The van der Waals surface area contributed by atoms with Crippen LogP contribution in [0.15, 0.2) is 48.5 Å². The fourth-order valence-electron chi connectivity index (χ4n) is 3.46. The standard InChI is InChI=1S/C20H23N3O2/c21-20(25)23-17-9-3-5-14(11-17)13-22-19(24)12-16-8-4-7-15-6-1-2-10-18(15)16/h1-3,5-6,9-11,16H,4,7-8,12-13H2,(H,22,24)(H3,21,23,25)/t16-/m0/s1. The Labute approximate surface area is 147 Å². The summed E-state index contributed by atoms with van der Waals surface area (Å²) in [7, 11) is 0. The Balaban J connectivity index is 1.56. The molecule has 5 nitrogen and oxygen atoms in total. The number of carbonyl (C=O) groups excluding carboxylic acids is 2. The second kappa shape index (κ2) is 7.83. The van der Waals surface area contributed by atoms with Gasteiger partial charge in [-0.15, -0.1) is 0 Å². The SMILES string of the molecule is NC(=O)Nc1cccc(CNC(=O)C[C@@H]2CCCc3ccccc32)c1. The first-order chi connectivity index (χ1) is 12.1. The Kier molecular flexibility index (Phi) is 5.33. The minimum atomic E-state index is -0.600. The molecular weight excluding hydrogens is 314 g/mol. The number of rotatable bonds is 5. The van der Waals surface area contributed by atoms with E-state index in [9.17, 15) is 9.59 Å². The van der Waals surface area contributed by atoms with Crippen LogP contribution in [0.4, 0.5) is 10.5 Å². The zero-order valence-electron chi connectivity index (χ0n) is 14.1. The lowest BCUT2D eigenvalue weighted by atomic mass is 9.81. The van der Waals surface area contributed by atoms with Gasteiger partial charge in [-0.3, -0.25) is 4.79 Å². The van der Waals surface area contributed by atoms with E-state index < -0.39 is 6.03 Å². The Morgan fingerprint density at radius 3 is 2.80 bits per heavy atom. The van der Waals surface area contributed by atoms with Crippen molar-refractivity contribution in [3.05, 3.63) is 65.2 Å². The summed E-state index contributed by atoms with van der Waals surface area (Å²) >= 11 is 0. The Hall–Kier alpha value is -2.82. The van der Waals surface area contributed by atoms with Crippen molar-refractivity contribution < 1.29 is 9.59 Å². The highest BCUT2D eigenvalue weighted by atomic mass is 16.2. The Morgan fingerprint density at radius 1 is 1.12 bits per heavy atom. The molecule has 0 unspecified atom stereocenters. The molecule has 5 heteroatoms. The van der Waals surface area contributed by atoms with Gasteiger partial charge in [0.05, 0.1) is 0 Å². The van der Waals surface area contributed by atoms with E-state index in [2.05, 4.69) is 28.8 Å². The smallest absolute Gasteiger partial charge is 0.316 e. The molecule has 3 amide bonds. The van der Waals surface area contributed by atoms with Crippen LogP contribution in [0.3, 0.4) is 0 Å². The molecule has 0 aliphatic heterocycles. The molecule has 0 aromatic heterocycles. The molecular formula is C20H23N3O2. The minimum absolute atomic E-state index is 0.0509. The minimum Gasteiger partial charge on any atom is -0.352 e. The van der Waals surface area contributed by atoms with E-state index in [1.165, 1.54) is 11.1 Å². The first-order valence-corrected chi connectivity index (χ1v) is 8.62. The molecule has 25 heavy (non-hydrogen) atoms. The first kappa shape index (κ1) is 17.0. The molecule has 0 radical (unpaired) electrons. The summed E-state index contributed by atoms with van der Waals surface area (Å²) < 4.78 is 0. The zero-order valence-corrected chi connectivity index (χ0v) is 14.1. The number of nitrogens with two attached hydrogens (primary N) is 1. The van der Waals surface area contributed by atoms with Gasteiger partial charge in [-0.1, -0.05) is 36.4 Å². The average Bonchev–Trinajstić information content (AvgIpc) is 2.60. The maximum atomic E-state index is 12.4. The summed E-state index contributed by atoms with van der Waals surface area (Å²) in [6.07, 6.45) is 3.81. The van der Waals surface area contributed by atoms with Crippen LogP contribution in [0.1, 0.15) is 41.9 Å². The van der Waals surface area contributed by atoms with Crippen LogP contribution in [0.5, 0.6) is 0 Å². The highest BCUT2D eigenvalue weighted by Gasteiger charge is 2.22. The number of nitrogens with one attached hydrogen (secondary N) is 2. The molecule has 0 fully saturated rings. The lowest BCUT2D eigenvalue weighted by Crippen LogP contribution is -2.26.